The highest BCUT2D eigenvalue weighted by molar-refractivity contribution is 5.67. The number of nitrogen functional groups attached to an aromatic ring is 1. The largest absolute Gasteiger partial charge is 0.397 e. The number of hydrogen-bond donors (Lipinski definition) is 2. The highest BCUT2D eigenvalue weighted by Gasteiger charge is 2.17. The first-order chi connectivity index (χ1) is 8.56. The normalized spacial score (nSPS) is 20.9. The first-order valence-electron chi connectivity index (χ1n) is 6.16. The van der Waals surface area contributed by atoms with Gasteiger partial charge in [0.1, 0.15) is 5.82 Å². The summed E-state index contributed by atoms with van der Waals surface area (Å²) >= 11 is 0. The lowest BCUT2D eigenvalue weighted by atomic mass is 10.1. The van der Waals surface area contributed by atoms with Crippen LogP contribution in [0.5, 0.6) is 0 Å². The summed E-state index contributed by atoms with van der Waals surface area (Å²) in [5.41, 5.74) is 7.57. The SMILES string of the molecule is Cc1cc(NCC2CN(C)CCO2)c(N)cc1F. The monoisotopic (exact) mass is 253 g/mol. The van der Waals surface area contributed by atoms with Crippen molar-refractivity contribution in [1.29, 1.82) is 0 Å². The molecule has 1 aromatic rings. The lowest BCUT2D eigenvalue weighted by molar-refractivity contribution is -0.0117. The van der Waals surface area contributed by atoms with Crippen LogP contribution in [0.1, 0.15) is 5.56 Å². The summed E-state index contributed by atoms with van der Waals surface area (Å²) in [6.07, 6.45) is 0.147. The lowest BCUT2D eigenvalue weighted by Gasteiger charge is -2.30. The van der Waals surface area contributed by atoms with Gasteiger partial charge in [0, 0.05) is 19.6 Å². The first kappa shape index (κ1) is 13.1. The van der Waals surface area contributed by atoms with Crippen LogP contribution >= 0.6 is 0 Å². The van der Waals surface area contributed by atoms with E-state index >= 15 is 0 Å². The van der Waals surface area contributed by atoms with Crippen molar-refractivity contribution in [3.05, 3.63) is 23.5 Å². The van der Waals surface area contributed by atoms with Gasteiger partial charge in [0.2, 0.25) is 0 Å². The molecule has 0 aromatic heterocycles. The fourth-order valence-electron chi connectivity index (χ4n) is 2.06. The van der Waals surface area contributed by atoms with E-state index in [4.69, 9.17) is 10.5 Å². The standard InChI is InChI=1S/C13H20FN3O/c1-9-5-13(12(15)6-11(9)14)16-7-10-8-17(2)3-4-18-10/h5-6,10,16H,3-4,7-8,15H2,1-2H3. The van der Waals surface area contributed by atoms with E-state index in [0.717, 1.165) is 25.4 Å². The van der Waals surface area contributed by atoms with Gasteiger partial charge < -0.3 is 20.7 Å². The summed E-state index contributed by atoms with van der Waals surface area (Å²) in [6.45, 7) is 5.02. The minimum absolute atomic E-state index is 0.147. The molecule has 1 saturated heterocycles. The summed E-state index contributed by atoms with van der Waals surface area (Å²) < 4.78 is 18.9. The van der Waals surface area contributed by atoms with Crippen molar-refractivity contribution >= 4 is 11.4 Å². The third-order valence-corrected chi connectivity index (χ3v) is 3.19. The van der Waals surface area contributed by atoms with Crippen LogP contribution in [-0.2, 0) is 4.74 Å². The number of hydrogen-bond acceptors (Lipinski definition) is 4. The number of halogens is 1. The predicted molar refractivity (Wildman–Crippen MR) is 71.3 cm³/mol. The molecule has 1 unspecified atom stereocenters. The van der Waals surface area contributed by atoms with Crippen LogP contribution in [0.2, 0.25) is 0 Å². The molecular weight excluding hydrogens is 233 g/mol. The van der Waals surface area contributed by atoms with Crippen molar-refractivity contribution in [2.24, 2.45) is 0 Å². The molecule has 3 N–H and O–H groups in total. The van der Waals surface area contributed by atoms with Crippen LogP contribution in [0, 0.1) is 12.7 Å². The number of anilines is 2. The maximum Gasteiger partial charge on any atom is 0.128 e. The van der Waals surface area contributed by atoms with Gasteiger partial charge in [-0.1, -0.05) is 0 Å². The molecule has 1 fully saturated rings. The van der Waals surface area contributed by atoms with E-state index in [1.54, 1.807) is 13.0 Å². The van der Waals surface area contributed by atoms with Crippen LogP contribution in [0.3, 0.4) is 0 Å². The molecular formula is C13H20FN3O. The quantitative estimate of drug-likeness (QED) is 0.801. The summed E-state index contributed by atoms with van der Waals surface area (Å²) in [5, 5.41) is 3.23. The first-order valence-corrected chi connectivity index (χ1v) is 6.16. The Morgan fingerprint density at radius 2 is 2.33 bits per heavy atom. The van der Waals surface area contributed by atoms with E-state index in [1.807, 2.05) is 0 Å². The molecule has 5 heteroatoms. The Morgan fingerprint density at radius 1 is 1.56 bits per heavy atom. The average Bonchev–Trinajstić information content (AvgIpc) is 2.32. The molecule has 100 valence electrons. The van der Waals surface area contributed by atoms with Crippen LogP contribution < -0.4 is 11.1 Å². The molecule has 0 radical (unpaired) electrons. The molecule has 2 rings (SSSR count). The molecule has 1 aliphatic rings. The Balaban J connectivity index is 1.95. The van der Waals surface area contributed by atoms with Crippen LogP contribution in [-0.4, -0.2) is 44.3 Å². The van der Waals surface area contributed by atoms with Gasteiger partial charge in [0.15, 0.2) is 0 Å². The van der Waals surface area contributed by atoms with E-state index < -0.39 is 0 Å². The summed E-state index contributed by atoms with van der Waals surface area (Å²) in [5.74, 6) is -0.272. The second-order valence-corrected chi connectivity index (χ2v) is 4.82. The molecule has 1 aliphatic heterocycles. The second-order valence-electron chi connectivity index (χ2n) is 4.82. The topological polar surface area (TPSA) is 50.5 Å². The third-order valence-electron chi connectivity index (χ3n) is 3.19. The molecule has 1 aromatic carbocycles. The van der Waals surface area contributed by atoms with Crippen LogP contribution in [0.15, 0.2) is 12.1 Å². The van der Waals surface area contributed by atoms with Gasteiger partial charge in [-0.3, -0.25) is 0 Å². The highest BCUT2D eigenvalue weighted by atomic mass is 19.1. The van der Waals surface area contributed by atoms with E-state index in [0.29, 0.717) is 17.8 Å². The van der Waals surface area contributed by atoms with Gasteiger partial charge >= 0.3 is 0 Å². The van der Waals surface area contributed by atoms with Crippen molar-refractivity contribution in [2.45, 2.75) is 13.0 Å². The Kier molecular flexibility index (Phi) is 4.04. The number of nitrogens with zero attached hydrogens (tertiary/aromatic N) is 1. The van der Waals surface area contributed by atoms with Gasteiger partial charge in [-0.2, -0.15) is 0 Å². The van der Waals surface area contributed by atoms with Gasteiger partial charge in [0.25, 0.3) is 0 Å². The Bertz CT molecular complexity index is 425. The third kappa shape index (κ3) is 3.11. The van der Waals surface area contributed by atoms with Crippen molar-refractivity contribution in [1.82, 2.24) is 4.90 Å². The van der Waals surface area contributed by atoms with Gasteiger partial charge in [-0.25, -0.2) is 4.39 Å². The molecule has 1 atom stereocenters. The predicted octanol–water partition coefficient (Wildman–Crippen LogP) is 1.46. The molecule has 4 nitrogen and oxygen atoms in total. The number of benzene rings is 1. The summed E-state index contributed by atoms with van der Waals surface area (Å²) in [6, 6.07) is 3.09. The van der Waals surface area contributed by atoms with E-state index in [2.05, 4.69) is 17.3 Å². The minimum atomic E-state index is -0.272. The molecule has 1 heterocycles. The lowest BCUT2D eigenvalue weighted by Crippen LogP contribution is -2.43. The zero-order valence-corrected chi connectivity index (χ0v) is 10.9. The number of morpholine rings is 1. The Morgan fingerprint density at radius 3 is 3.06 bits per heavy atom. The van der Waals surface area contributed by atoms with Crippen molar-refractivity contribution < 1.29 is 9.13 Å². The molecule has 0 bridgehead atoms. The zero-order valence-electron chi connectivity index (χ0n) is 10.9. The molecule has 0 aliphatic carbocycles. The number of aryl methyl sites for hydroxylation is 1. The second kappa shape index (κ2) is 5.54. The molecule has 0 saturated carbocycles. The number of likely N-dealkylation sites (N-methyl/N-ethyl adjacent to an activating group) is 1. The number of ether oxygens (including phenoxy) is 1. The molecule has 18 heavy (non-hydrogen) atoms. The zero-order chi connectivity index (χ0) is 13.1. The van der Waals surface area contributed by atoms with Gasteiger partial charge in [0.05, 0.1) is 24.1 Å². The fourth-order valence-corrected chi connectivity index (χ4v) is 2.06. The van der Waals surface area contributed by atoms with Gasteiger partial charge in [-0.05, 0) is 31.7 Å². The van der Waals surface area contributed by atoms with Crippen LogP contribution in [0.25, 0.3) is 0 Å². The smallest absolute Gasteiger partial charge is 0.128 e. The fraction of sp³-hybridized carbons (Fsp3) is 0.538. The molecule has 0 spiro atoms. The van der Waals surface area contributed by atoms with E-state index in [-0.39, 0.29) is 11.9 Å². The van der Waals surface area contributed by atoms with Crippen molar-refractivity contribution in [2.75, 3.05) is 44.3 Å². The minimum Gasteiger partial charge on any atom is -0.397 e. The van der Waals surface area contributed by atoms with Crippen LogP contribution in [0.4, 0.5) is 15.8 Å². The van der Waals surface area contributed by atoms with Crippen molar-refractivity contribution in [3.8, 4) is 0 Å². The molecule has 0 amide bonds. The summed E-state index contributed by atoms with van der Waals surface area (Å²) in [7, 11) is 2.08. The van der Waals surface area contributed by atoms with E-state index in [1.165, 1.54) is 6.07 Å². The Hall–Kier alpha value is -1.33. The van der Waals surface area contributed by atoms with Gasteiger partial charge in [-0.15, -0.1) is 0 Å². The highest BCUT2D eigenvalue weighted by Crippen LogP contribution is 2.22. The maximum atomic E-state index is 13.3. The Labute approximate surface area is 107 Å². The van der Waals surface area contributed by atoms with Crippen molar-refractivity contribution in [3.63, 3.8) is 0 Å². The number of rotatable bonds is 3. The number of nitrogens with two attached hydrogens (primary N) is 1. The maximum absolute atomic E-state index is 13.3. The van der Waals surface area contributed by atoms with E-state index in [9.17, 15) is 4.39 Å². The summed E-state index contributed by atoms with van der Waals surface area (Å²) in [4.78, 5) is 2.23. The number of nitrogens with one attached hydrogen (secondary N) is 1. The average molecular weight is 253 g/mol.